The Hall–Kier alpha value is -1.90. The van der Waals surface area contributed by atoms with E-state index >= 15 is 0 Å². The van der Waals surface area contributed by atoms with Crippen LogP contribution in [-0.4, -0.2) is 58.3 Å². The fourth-order valence-corrected chi connectivity index (χ4v) is 2.64. The summed E-state index contributed by atoms with van der Waals surface area (Å²) in [4.78, 5) is 31.0. The van der Waals surface area contributed by atoms with Crippen molar-refractivity contribution < 1.29 is 23.1 Å². The normalized spacial score (nSPS) is 19.0. The highest BCUT2D eigenvalue weighted by Crippen LogP contribution is 2.21. The third-order valence-corrected chi connectivity index (χ3v) is 3.66. The second kappa shape index (κ2) is 4.65. The largest absolute Gasteiger partial charge is 0.480 e. The molecule has 0 aromatic carbocycles. The number of aliphatic carboxylic acids is 1. The second-order valence-corrected chi connectivity index (χ2v) is 6.62. The first kappa shape index (κ1) is 13.5. The Bertz CT molecular complexity index is 621. The zero-order valence-electron chi connectivity index (χ0n) is 10.2. The number of nitrogens with zero attached hydrogens (tertiary/aromatic N) is 2. The van der Waals surface area contributed by atoms with E-state index in [-0.39, 0.29) is 13.0 Å². The van der Waals surface area contributed by atoms with Gasteiger partial charge in [-0.1, -0.05) is 0 Å². The van der Waals surface area contributed by atoms with E-state index in [9.17, 15) is 18.0 Å². The molecular formula is C10H13N3O5S. The van der Waals surface area contributed by atoms with Crippen LogP contribution in [0, 0.1) is 0 Å². The maximum Gasteiger partial charge on any atom is 0.326 e. The number of amides is 1. The number of carboxylic acids is 1. The summed E-state index contributed by atoms with van der Waals surface area (Å²) < 4.78 is 22.3. The van der Waals surface area contributed by atoms with Gasteiger partial charge in [-0.15, -0.1) is 0 Å². The highest BCUT2D eigenvalue weighted by molar-refractivity contribution is 7.91. The highest BCUT2D eigenvalue weighted by atomic mass is 32.2. The summed E-state index contributed by atoms with van der Waals surface area (Å²) in [6, 6.07) is -1.08. The van der Waals surface area contributed by atoms with Crippen LogP contribution in [0.1, 0.15) is 11.4 Å². The summed E-state index contributed by atoms with van der Waals surface area (Å²) in [7, 11) is -3.50. The number of carbonyl (C=O) groups is 2. The lowest BCUT2D eigenvalue weighted by atomic mass is 10.0. The Balaban J connectivity index is 2.27. The number of fused-ring (bicyclic) bond motifs is 1. The number of carbonyl (C=O) groups excluding carboxylic acids is 1. The van der Waals surface area contributed by atoms with Crippen LogP contribution in [0.4, 0.5) is 0 Å². The van der Waals surface area contributed by atoms with Gasteiger partial charge >= 0.3 is 5.97 Å². The molecule has 19 heavy (non-hydrogen) atoms. The molecule has 1 aliphatic rings. The van der Waals surface area contributed by atoms with Gasteiger partial charge in [0.05, 0.1) is 24.3 Å². The van der Waals surface area contributed by atoms with Crippen molar-refractivity contribution in [2.45, 2.75) is 19.0 Å². The Kier molecular flexibility index (Phi) is 3.31. The molecule has 0 saturated heterocycles. The van der Waals surface area contributed by atoms with E-state index in [0.29, 0.717) is 11.4 Å². The maximum atomic E-state index is 11.9. The topological polar surface area (TPSA) is 120 Å². The van der Waals surface area contributed by atoms with Crippen LogP contribution in [0.15, 0.2) is 6.33 Å². The van der Waals surface area contributed by atoms with E-state index in [2.05, 4.69) is 9.97 Å². The molecule has 0 radical (unpaired) electrons. The molecule has 0 aliphatic carbocycles. The van der Waals surface area contributed by atoms with E-state index in [1.165, 1.54) is 6.33 Å². The molecule has 1 aromatic rings. The first-order valence-electron chi connectivity index (χ1n) is 5.49. The number of imidazole rings is 1. The lowest BCUT2D eigenvalue weighted by Crippen LogP contribution is -2.50. The van der Waals surface area contributed by atoms with Crippen molar-refractivity contribution in [3.8, 4) is 0 Å². The smallest absolute Gasteiger partial charge is 0.326 e. The number of sulfone groups is 1. The van der Waals surface area contributed by atoms with Gasteiger partial charge in [0, 0.05) is 12.7 Å². The van der Waals surface area contributed by atoms with Crippen molar-refractivity contribution in [1.82, 2.24) is 14.9 Å². The Morgan fingerprint density at radius 1 is 1.58 bits per heavy atom. The standard InChI is InChI=1S/C10H13N3O5S/c1-19(17,18)4-9(14)13-3-7-6(11-5-12-7)2-8(13)10(15)16/h5,8H,2-4H2,1H3,(H,11,12)(H,15,16). The number of H-pyrrole nitrogens is 1. The second-order valence-electron chi connectivity index (χ2n) is 4.48. The number of nitrogens with one attached hydrogen (secondary N) is 1. The molecule has 8 nitrogen and oxygen atoms in total. The number of aromatic nitrogens is 2. The molecular weight excluding hydrogens is 274 g/mol. The third kappa shape index (κ3) is 2.92. The van der Waals surface area contributed by atoms with Crippen LogP contribution in [-0.2, 0) is 32.4 Å². The van der Waals surface area contributed by atoms with Crippen LogP contribution < -0.4 is 0 Å². The zero-order chi connectivity index (χ0) is 14.2. The molecule has 1 amide bonds. The summed E-state index contributed by atoms with van der Waals surface area (Å²) >= 11 is 0. The molecule has 0 spiro atoms. The predicted molar refractivity (Wildman–Crippen MR) is 64.0 cm³/mol. The molecule has 2 N–H and O–H groups in total. The maximum absolute atomic E-state index is 11.9. The van der Waals surface area contributed by atoms with Gasteiger partial charge in [0.2, 0.25) is 5.91 Å². The molecule has 0 saturated carbocycles. The SMILES string of the molecule is CS(=O)(=O)CC(=O)N1Cc2[nH]cnc2CC1C(=O)O. The van der Waals surface area contributed by atoms with Gasteiger partial charge in [0.25, 0.3) is 0 Å². The summed E-state index contributed by atoms with van der Waals surface area (Å²) in [6.45, 7) is 0.0284. The quantitative estimate of drug-likeness (QED) is 0.720. The number of aromatic amines is 1. The molecule has 2 heterocycles. The third-order valence-electron chi connectivity index (χ3n) is 2.89. The minimum absolute atomic E-state index is 0.0284. The predicted octanol–water partition coefficient (Wildman–Crippen LogP) is -1.21. The molecule has 0 fully saturated rings. The number of hydrogen-bond acceptors (Lipinski definition) is 5. The van der Waals surface area contributed by atoms with Gasteiger partial charge in [-0.3, -0.25) is 4.79 Å². The number of carboxylic acid groups (broad SMARTS) is 1. The average Bonchev–Trinajstić information content (AvgIpc) is 2.71. The monoisotopic (exact) mass is 287 g/mol. The van der Waals surface area contributed by atoms with E-state index in [1.807, 2.05) is 0 Å². The van der Waals surface area contributed by atoms with E-state index < -0.39 is 33.5 Å². The molecule has 9 heteroatoms. The Morgan fingerprint density at radius 2 is 2.26 bits per heavy atom. The summed E-state index contributed by atoms with van der Waals surface area (Å²) in [5, 5.41) is 9.14. The van der Waals surface area contributed by atoms with Crippen molar-refractivity contribution in [3.05, 3.63) is 17.7 Å². The van der Waals surface area contributed by atoms with E-state index in [1.54, 1.807) is 0 Å². The summed E-state index contributed by atoms with van der Waals surface area (Å²) in [5.74, 6) is -2.58. The molecule has 2 rings (SSSR count). The van der Waals surface area contributed by atoms with Gasteiger partial charge in [0.15, 0.2) is 9.84 Å². The van der Waals surface area contributed by atoms with Crippen LogP contribution >= 0.6 is 0 Å². The molecule has 0 bridgehead atoms. The van der Waals surface area contributed by atoms with Gasteiger partial charge in [-0.2, -0.15) is 0 Å². The van der Waals surface area contributed by atoms with E-state index in [0.717, 1.165) is 11.2 Å². The molecule has 1 atom stereocenters. The minimum atomic E-state index is -3.50. The van der Waals surface area contributed by atoms with Crippen molar-refractivity contribution >= 4 is 21.7 Å². The van der Waals surface area contributed by atoms with Crippen molar-refractivity contribution in [2.75, 3.05) is 12.0 Å². The average molecular weight is 287 g/mol. The van der Waals surface area contributed by atoms with Gasteiger partial charge in [-0.25, -0.2) is 18.2 Å². The first-order chi connectivity index (χ1) is 8.78. The summed E-state index contributed by atoms with van der Waals surface area (Å²) in [6.07, 6.45) is 2.43. The van der Waals surface area contributed by atoms with Gasteiger partial charge in [0.1, 0.15) is 11.8 Å². The number of hydrogen-bond donors (Lipinski definition) is 2. The lowest BCUT2D eigenvalue weighted by Gasteiger charge is -2.32. The van der Waals surface area contributed by atoms with Crippen LogP contribution in [0.2, 0.25) is 0 Å². The van der Waals surface area contributed by atoms with Gasteiger partial charge < -0.3 is 15.0 Å². The zero-order valence-corrected chi connectivity index (χ0v) is 11.0. The highest BCUT2D eigenvalue weighted by Gasteiger charge is 2.36. The van der Waals surface area contributed by atoms with Crippen molar-refractivity contribution in [2.24, 2.45) is 0 Å². The van der Waals surface area contributed by atoms with Crippen molar-refractivity contribution in [3.63, 3.8) is 0 Å². The molecule has 1 aliphatic heterocycles. The Morgan fingerprint density at radius 3 is 2.84 bits per heavy atom. The fraction of sp³-hybridized carbons (Fsp3) is 0.500. The minimum Gasteiger partial charge on any atom is -0.480 e. The van der Waals surface area contributed by atoms with Gasteiger partial charge in [-0.05, 0) is 0 Å². The van der Waals surface area contributed by atoms with Crippen LogP contribution in [0.3, 0.4) is 0 Å². The number of rotatable bonds is 3. The van der Waals surface area contributed by atoms with E-state index in [4.69, 9.17) is 5.11 Å². The summed E-state index contributed by atoms with van der Waals surface area (Å²) in [5.41, 5.74) is 1.23. The molecule has 104 valence electrons. The molecule has 1 aromatic heterocycles. The van der Waals surface area contributed by atoms with Crippen LogP contribution in [0.5, 0.6) is 0 Å². The first-order valence-corrected chi connectivity index (χ1v) is 7.55. The lowest BCUT2D eigenvalue weighted by molar-refractivity contribution is -0.150. The van der Waals surface area contributed by atoms with Crippen molar-refractivity contribution in [1.29, 1.82) is 0 Å². The van der Waals surface area contributed by atoms with Crippen LogP contribution in [0.25, 0.3) is 0 Å². The Labute approximate surface area is 109 Å². The fourth-order valence-electron chi connectivity index (χ4n) is 2.03. The molecule has 1 unspecified atom stereocenters.